The second kappa shape index (κ2) is 8.92. The summed E-state index contributed by atoms with van der Waals surface area (Å²) in [7, 11) is 1.52. The maximum Gasteiger partial charge on any atom is 0.248 e. The molecule has 160 valence electrons. The molecule has 1 aliphatic heterocycles. The standard InChI is InChI=1S/C21H23N7O3/c1-31-11-18-21(30)27(6-7-28(18)19(29)5-3-15-9-23-12-24-15)10-14-2-4-16-17(8-14)25-13-26-20(16)22/h2-5,8-9,12-13,18H,6-7,10-11H2,1H3,(H,23,24)(H2,22,25,26)/t18-/m0/s1. The van der Waals surface area contributed by atoms with Crippen LogP contribution in [0.3, 0.4) is 0 Å². The van der Waals surface area contributed by atoms with E-state index < -0.39 is 6.04 Å². The van der Waals surface area contributed by atoms with Crippen molar-refractivity contribution in [1.29, 1.82) is 0 Å². The van der Waals surface area contributed by atoms with Crippen molar-refractivity contribution in [3.8, 4) is 0 Å². The van der Waals surface area contributed by atoms with Crippen LogP contribution in [0.5, 0.6) is 0 Å². The number of anilines is 1. The van der Waals surface area contributed by atoms with Crippen LogP contribution in [-0.2, 0) is 20.9 Å². The Kier molecular flexibility index (Phi) is 5.89. The van der Waals surface area contributed by atoms with Crippen LogP contribution in [0.25, 0.3) is 17.0 Å². The molecule has 10 nitrogen and oxygen atoms in total. The highest BCUT2D eigenvalue weighted by Crippen LogP contribution is 2.21. The highest BCUT2D eigenvalue weighted by Gasteiger charge is 2.36. The molecule has 0 spiro atoms. The van der Waals surface area contributed by atoms with Crippen LogP contribution in [0.1, 0.15) is 11.3 Å². The second-order valence-electron chi connectivity index (χ2n) is 7.21. The Hall–Kier alpha value is -3.79. The number of nitrogen functional groups attached to an aromatic ring is 1. The van der Waals surface area contributed by atoms with Crippen LogP contribution in [0.4, 0.5) is 5.82 Å². The number of hydrogen-bond acceptors (Lipinski definition) is 7. The van der Waals surface area contributed by atoms with Gasteiger partial charge in [-0.15, -0.1) is 0 Å². The summed E-state index contributed by atoms with van der Waals surface area (Å²) in [5, 5.41) is 0.773. The number of nitrogens with zero attached hydrogens (tertiary/aromatic N) is 5. The van der Waals surface area contributed by atoms with Gasteiger partial charge in [0.25, 0.3) is 0 Å². The Balaban J connectivity index is 1.49. The zero-order chi connectivity index (χ0) is 21.8. The number of methoxy groups -OCH3 is 1. The molecule has 1 atom stereocenters. The summed E-state index contributed by atoms with van der Waals surface area (Å²) < 4.78 is 5.24. The van der Waals surface area contributed by atoms with Crippen LogP contribution in [0.2, 0.25) is 0 Å². The average molecular weight is 421 g/mol. The largest absolute Gasteiger partial charge is 0.383 e. The lowest BCUT2D eigenvalue weighted by Gasteiger charge is -2.40. The maximum atomic E-state index is 13.2. The summed E-state index contributed by atoms with van der Waals surface area (Å²) in [6.07, 6.45) is 7.64. The minimum absolute atomic E-state index is 0.125. The van der Waals surface area contributed by atoms with E-state index in [1.54, 1.807) is 22.1 Å². The van der Waals surface area contributed by atoms with E-state index in [-0.39, 0.29) is 18.4 Å². The van der Waals surface area contributed by atoms with Crippen molar-refractivity contribution >= 4 is 34.6 Å². The van der Waals surface area contributed by atoms with E-state index >= 15 is 0 Å². The van der Waals surface area contributed by atoms with E-state index in [1.165, 1.54) is 25.8 Å². The highest BCUT2D eigenvalue weighted by molar-refractivity contribution is 5.96. The molecule has 3 N–H and O–H groups in total. The molecule has 3 heterocycles. The van der Waals surface area contributed by atoms with Gasteiger partial charge >= 0.3 is 0 Å². The number of aromatic amines is 1. The topological polar surface area (TPSA) is 130 Å². The molecule has 2 amide bonds. The number of ether oxygens (including phenoxy) is 1. The van der Waals surface area contributed by atoms with E-state index in [0.717, 1.165) is 16.5 Å². The third-order valence-electron chi connectivity index (χ3n) is 5.22. The van der Waals surface area contributed by atoms with Gasteiger partial charge in [0.05, 0.1) is 30.3 Å². The smallest absolute Gasteiger partial charge is 0.248 e. The van der Waals surface area contributed by atoms with Gasteiger partial charge in [-0.3, -0.25) is 9.59 Å². The lowest BCUT2D eigenvalue weighted by atomic mass is 10.1. The second-order valence-corrected chi connectivity index (χ2v) is 7.21. The molecule has 0 radical (unpaired) electrons. The molecule has 1 fully saturated rings. The average Bonchev–Trinajstić information content (AvgIpc) is 3.29. The first-order chi connectivity index (χ1) is 15.1. The monoisotopic (exact) mass is 421 g/mol. The number of H-pyrrole nitrogens is 1. The predicted octanol–water partition coefficient (Wildman–Crippen LogP) is 0.834. The number of benzene rings is 1. The third kappa shape index (κ3) is 4.38. The number of carbonyl (C=O) groups is 2. The molecule has 1 aliphatic rings. The lowest BCUT2D eigenvalue weighted by Crippen LogP contribution is -2.59. The molecule has 3 aromatic rings. The highest BCUT2D eigenvalue weighted by atomic mass is 16.5. The number of hydrogen-bond donors (Lipinski definition) is 2. The summed E-state index contributed by atoms with van der Waals surface area (Å²) in [6.45, 7) is 1.37. The molecular formula is C21H23N7O3. The minimum atomic E-state index is -0.684. The molecule has 0 saturated carbocycles. The summed E-state index contributed by atoms with van der Waals surface area (Å²) in [4.78, 5) is 44.2. The van der Waals surface area contributed by atoms with Gasteiger partial charge < -0.3 is 25.3 Å². The fourth-order valence-corrected chi connectivity index (χ4v) is 3.64. The number of rotatable bonds is 6. The van der Waals surface area contributed by atoms with Crippen molar-refractivity contribution in [2.75, 3.05) is 32.5 Å². The molecule has 0 bridgehead atoms. The zero-order valence-corrected chi connectivity index (χ0v) is 17.1. The first-order valence-corrected chi connectivity index (χ1v) is 9.80. The molecule has 0 unspecified atom stereocenters. The van der Waals surface area contributed by atoms with E-state index in [2.05, 4.69) is 19.9 Å². The van der Waals surface area contributed by atoms with Gasteiger partial charge in [-0.05, 0) is 23.8 Å². The van der Waals surface area contributed by atoms with Gasteiger partial charge in [0, 0.05) is 38.2 Å². The Labute approximate surface area is 178 Å². The SMILES string of the molecule is COC[C@H]1C(=O)N(Cc2ccc3c(N)ncnc3c2)CCN1C(=O)C=Cc1cnc[nH]1. The van der Waals surface area contributed by atoms with Gasteiger partial charge in [0.2, 0.25) is 11.8 Å². The zero-order valence-electron chi connectivity index (χ0n) is 17.1. The Bertz CT molecular complexity index is 1110. The first kappa shape index (κ1) is 20.5. The molecule has 1 saturated heterocycles. The van der Waals surface area contributed by atoms with Crippen LogP contribution in [-0.4, -0.2) is 74.4 Å². The summed E-state index contributed by atoms with van der Waals surface area (Å²) >= 11 is 0. The maximum absolute atomic E-state index is 13.2. The quantitative estimate of drug-likeness (QED) is 0.564. The molecule has 4 rings (SSSR count). The number of nitrogens with one attached hydrogen (secondary N) is 1. The normalized spacial score (nSPS) is 17.1. The van der Waals surface area contributed by atoms with Crippen molar-refractivity contribution in [3.05, 3.63) is 54.4 Å². The van der Waals surface area contributed by atoms with Gasteiger partial charge in [0.15, 0.2) is 0 Å². The fraction of sp³-hybridized carbons (Fsp3) is 0.286. The predicted molar refractivity (Wildman–Crippen MR) is 114 cm³/mol. The van der Waals surface area contributed by atoms with Crippen molar-refractivity contribution in [3.63, 3.8) is 0 Å². The molecule has 0 aliphatic carbocycles. The number of aromatic nitrogens is 4. The van der Waals surface area contributed by atoms with Crippen molar-refractivity contribution in [2.45, 2.75) is 12.6 Å². The number of piperazine rings is 1. The van der Waals surface area contributed by atoms with Gasteiger partial charge in [-0.2, -0.15) is 0 Å². The third-order valence-corrected chi connectivity index (χ3v) is 5.22. The van der Waals surface area contributed by atoms with E-state index in [0.29, 0.717) is 31.1 Å². The van der Waals surface area contributed by atoms with Crippen molar-refractivity contribution in [1.82, 2.24) is 29.7 Å². The van der Waals surface area contributed by atoms with E-state index in [9.17, 15) is 9.59 Å². The molecule has 10 heteroatoms. The number of carbonyl (C=O) groups excluding carboxylic acids is 2. The molecule has 1 aromatic carbocycles. The minimum Gasteiger partial charge on any atom is -0.383 e. The number of imidazole rings is 1. The number of nitrogens with two attached hydrogens (primary N) is 1. The van der Waals surface area contributed by atoms with Gasteiger partial charge in [-0.1, -0.05) is 6.07 Å². The summed E-state index contributed by atoms with van der Waals surface area (Å²) in [5.41, 5.74) is 8.25. The van der Waals surface area contributed by atoms with Gasteiger partial charge in [0.1, 0.15) is 18.2 Å². The Morgan fingerprint density at radius 2 is 2.23 bits per heavy atom. The summed E-state index contributed by atoms with van der Waals surface area (Å²) in [6, 6.07) is 4.98. The summed E-state index contributed by atoms with van der Waals surface area (Å²) in [5.74, 6) is 0.0179. The van der Waals surface area contributed by atoms with Crippen LogP contribution in [0, 0.1) is 0 Å². The number of fused-ring (bicyclic) bond motifs is 1. The molecule has 2 aromatic heterocycles. The molecule has 31 heavy (non-hydrogen) atoms. The Morgan fingerprint density at radius 3 is 3.00 bits per heavy atom. The number of amides is 2. The fourth-order valence-electron chi connectivity index (χ4n) is 3.64. The van der Waals surface area contributed by atoms with Crippen LogP contribution < -0.4 is 5.73 Å². The lowest BCUT2D eigenvalue weighted by molar-refractivity contribution is -0.152. The van der Waals surface area contributed by atoms with E-state index in [4.69, 9.17) is 10.5 Å². The van der Waals surface area contributed by atoms with Crippen LogP contribution in [0.15, 0.2) is 43.1 Å². The van der Waals surface area contributed by atoms with Crippen LogP contribution >= 0.6 is 0 Å². The first-order valence-electron chi connectivity index (χ1n) is 9.80. The van der Waals surface area contributed by atoms with E-state index in [1.807, 2.05) is 18.2 Å². The van der Waals surface area contributed by atoms with Crippen molar-refractivity contribution < 1.29 is 14.3 Å². The van der Waals surface area contributed by atoms with Gasteiger partial charge in [-0.25, -0.2) is 15.0 Å². The van der Waals surface area contributed by atoms with Crippen molar-refractivity contribution in [2.24, 2.45) is 0 Å². The molecular weight excluding hydrogens is 398 g/mol. The Morgan fingerprint density at radius 1 is 1.35 bits per heavy atom.